The molecule has 3 aromatic carbocycles. The monoisotopic (exact) mass is 388 g/mol. The third-order valence-corrected chi connectivity index (χ3v) is 4.37. The van der Waals surface area contributed by atoms with Crippen molar-refractivity contribution >= 4 is 33.2 Å². The van der Waals surface area contributed by atoms with E-state index in [0.717, 1.165) is 0 Å². The fraction of sp³-hybridized carbons (Fsp3) is 0.333. The maximum atomic E-state index is 3.47. The summed E-state index contributed by atoms with van der Waals surface area (Å²) in [5, 5.41) is 2.54. The summed E-state index contributed by atoms with van der Waals surface area (Å²) < 4.78 is 0. The fourth-order valence-electron chi connectivity index (χ4n) is 2.85. The average Bonchev–Trinajstić information content (AvgIpc) is 3.62. The number of benzene rings is 3. The van der Waals surface area contributed by atoms with Crippen LogP contribution in [0.2, 0.25) is 0 Å². The van der Waals surface area contributed by atoms with E-state index in [1.165, 1.54) is 58.9 Å². The van der Waals surface area contributed by atoms with Crippen LogP contribution in [0.5, 0.6) is 0 Å². The van der Waals surface area contributed by atoms with Gasteiger partial charge in [-0.25, -0.2) is 0 Å². The summed E-state index contributed by atoms with van der Waals surface area (Å²) in [7, 11) is 2.10. The highest BCUT2D eigenvalue weighted by Crippen LogP contribution is 2.31. The third kappa shape index (κ3) is 6.39. The van der Waals surface area contributed by atoms with E-state index in [4.69, 9.17) is 0 Å². The Balaban J connectivity index is 0.000000323. The smallest absolute Gasteiger partial charge is 0.0466 e. The molecular formula is C27H36N2. The van der Waals surface area contributed by atoms with Gasteiger partial charge >= 0.3 is 0 Å². The molecule has 1 saturated carbocycles. The normalized spacial score (nSPS) is 11.3. The van der Waals surface area contributed by atoms with Gasteiger partial charge in [-0.15, -0.1) is 0 Å². The molecule has 0 saturated heterocycles. The van der Waals surface area contributed by atoms with Gasteiger partial charge in [0.2, 0.25) is 0 Å². The predicted octanol–water partition coefficient (Wildman–Crippen LogP) is 8.70. The molecular weight excluding hydrogens is 352 g/mol. The molecule has 0 atom stereocenters. The maximum Gasteiger partial charge on any atom is 0.0466 e. The second-order valence-electron chi connectivity index (χ2n) is 7.06. The van der Waals surface area contributed by atoms with Crippen LogP contribution in [0.1, 0.15) is 53.4 Å². The average molecular weight is 389 g/mol. The van der Waals surface area contributed by atoms with Gasteiger partial charge in [-0.2, -0.15) is 0 Å². The molecule has 1 aliphatic carbocycles. The minimum Gasteiger partial charge on any atom is -0.355 e. The number of hydrogen-bond acceptors (Lipinski definition) is 1. The van der Waals surface area contributed by atoms with Gasteiger partial charge in [-0.3, -0.25) is 0 Å². The van der Waals surface area contributed by atoms with Crippen molar-refractivity contribution in [2.24, 2.45) is 0 Å². The Morgan fingerprint density at radius 1 is 0.690 bits per heavy atom. The van der Waals surface area contributed by atoms with E-state index >= 15 is 0 Å². The highest BCUT2D eigenvalue weighted by molar-refractivity contribution is 6.08. The summed E-state index contributed by atoms with van der Waals surface area (Å²) in [5.74, 6) is 0. The molecule has 2 heteroatoms. The van der Waals surface area contributed by atoms with Crippen molar-refractivity contribution in [1.29, 1.82) is 0 Å². The number of aromatic amines is 1. The molecule has 29 heavy (non-hydrogen) atoms. The first-order valence-corrected chi connectivity index (χ1v) is 11.0. The number of nitrogens with zero attached hydrogens (tertiary/aromatic N) is 1. The molecule has 4 aromatic rings. The van der Waals surface area contributed by atoms with E-state index in [1.54, 1.807) is 0 Å². The highest BCUT2D eigenvalue weighted by Gasteiger charge is 2.08. The summed E-state index contributed by atoms with van der Waals surface area (Å²) in [5.41, 5.74) is 4.75. The van der Waals surface area contributed by atoms with Crippen LogP contribution in [0.15, 0.2) is 72.8 Å². The Kier molecular flexibility index (Phi) is 9.30. The van der Waals surface area contributed by atoms with Crippen molar-refractivity contribution in [2.45, 2.75) is 53.4 Å². The number of fused-ring (bicyclic) bond motifs is 3. The Labute approximate surface area is 176 Å². The number of aromatic nitrogens is 1. The van der Waals surface area contributed by atoms with Gasteiger partial charge in [-0.05, 0) is 36.4 Å². The second kappa shape index (κ2) is 12.0. The van der Waals surface area contributed by atoms with Crippen LogP contribution in [-0.2, 0) is 0 Å². The fourth-order valence-corrected chi connectivity index (χ4v) is 2.85. The Morgan fingerprint density at radius 2 is 1.24 bits per heavy atom. The molecule has 0 unspecified atom stereocenters. The number of para-hydroxylation sites is 2. The van der Waals surface area contributed by atoms with Crippen molar-refractivity contribution in [3.05, 3.63) is 72.8 Å². The molecule has 5 rings (SSSR count). The SMILES string of the molecule is C1CC1.CC.CCC.CN(c1ccccc1)c1ccc2[nH]c3ccccc3c2c1. The second-order valence-corrected chi connectivity index (χ2v) is 7.06. The first kappa shape index (κ1) is 22.5. The Bertz CT molecular complexity index is 965. The van der Waals surface area contributed by atoms with Crippen molar-refractivity contribution in [2.75, 3.05) is 11.9 Å². The van der Waals surface area contributed by atoms with Crippen molar-refractivity contribution in [3.63, 3.8) is 0 Å². The van der Waals surface area contributed by atoms with Crippen LogP contribution >= 0.6 is 0 Å². The Morgan fingerprint density at radius 3 is 1.86 bits per heavy atom. The van der Waals surface area contributed by atoms with Crippen molar-refractivity contribution in [3.8, 4) is 0 Å². The van der Waals surface area contributed by atoms with Crippen LogP contribution in [0.3, 0.4) is 0 Å². The first-order chi connectivity index (χ1) is 14.2. The zero-order chi connectivity index (χ0) is 21.1. The molecule has 154 valence electrons. The first-order valence-electron chi connectivity index (χ1n) is 11.0. The van der Waals surface area contributed by atoms with E-state index in [1.807, 2.05) is 19.9 Å². The maximum absolute atomic E-state index is 3.47. The summed E-state index contributed by atoms with van der Waals surface area (Å²) in [6.45, 7) is 8.25. The topological polar surface area (TPSA) is 19.0 Å². The van der Waals surface area contributed by atoms with E-state index < -0.39 is 0 Å². The van der Waals surface area contributed by atoms with Crippen molar-refractivity contribution in [1.82, 2.24) is 4.98 Å². The molecule has 0 bridgehead atoms. The van der Waals surface area contributed by atoms with E-state index in [2.05, 4.69) is 97.5 Å². The minimum absolute atomic E-state index is 1.18. The Hall–Kier alpha value is -2.74. The molecule has 2 nitrogen and oxygen atoms in total. The lowest BCUT2D eigenvalue weighted by Crippen LogP contribution is -2.08. The summed E-state index contributed by atoms with van der Waals surface area (Å²) in [4.78, 5) is 5.67. The zero-order valence-corrected chi connectivity index (χ0v) is 18.7. The lowest BCUT2D eigenvalue weighted by atomic mass is 10.1. The molecule has 0 amide bonds. The van der Waals surface area contributed by atoms with Crippen LogP contribution in [0.4, 0.5) is 11.4 Å². The van der Waals surface area contributed by atoms with Gasteiger partial charge in [0.25, 0.3) is 0 Å². The zero-order valence-electron chi connectivity index (χ0n) is 18.7. The van der Waals surface area contributed by atoms with E-state index in [0.29, 0.717) is 0 Å². The van der Waals surface area contributed by atoms with Gasteiger partial charge < -0.3 is 9.88 Å². The molecule has 0 radical (unpaired) electrons. The summed E-state index contributed by atoms with van der Waals surface area (Å²) in [6.07, 6.45) is 5.75. The number of H-pyrrole nitrogens is 1. The highest BCUT2D eigenvalue weighted by atomic mass is 15.1. The quantitative estimate of drug-likeness (QED) is 0.364. The molecule has 1 fully saturated rings. The van der Waals surface area contributed by atoms with Gasteiger partial charge in [0.05, 0.1) is 0 Å². The van der Waals surface area contributed by atoms with Crippen LogP contribution in [0.25, 0.3) is 21.8 Å². The molecule has 0 aliphatic heterocycles. The van der Waals surface area contributed by atoms with Gasteiger partial charge in [-0.1, -0.05) is 89.8 Å². The third-order valence-electron chi connectivity index (χ3n) is 4.37. The van der Waals surface area contributed by atoms with Crippen molar-refractivity contribution < 1.29 is 0 Å². The number of hydrogen-bond donors (Lipinski definition) is 1. The predicted molar refractivity (Wildman–Crippen MR) is 131 cm³/mol. The molecule has 1 aliphatic rings. The molecule has 1 aromatic heterocycles. The van der Waals surface area contributed by atoms with Crippen LogP contribution in [0, 0.1) is 0 Å². The lowest BCUT2D eigenvalue weighted by molar-refractivity contribution is 1.09. The molecule has 1 N–H and O–H groups in total. The van der Waals surface area contributed by atoms with Gasteiger partial charge in [0.1, 0.15) is 0 Å². The van der Waals surface area contributed by atoms with E-state index in [9.17, 15) is 0 Å². The summed E-state index contributed by atoms with van der Waals surface area (Å²) >= 11 is 0. The lowest BCUT2D eigenvalue weighted by Gasteiger charge is -2.19. The minimum atomic E-state index is 1.18. The molecule has 1 heterocycles. The standard InChI is InChI=1S/C19H16N2.C3H6.C3H8.C2H6/c1-21(14-7-3-2-4-8-14)15-11-12-19-17(13-15)16-9-5-6-10-18(16)20-19;1-2-3-1;1-3-2;1-2/h2-13,20H,1H3;1-3H2;3H2,1-2H3;1-2H3. The van der Waals surface area contributed by atoms with Gasteiger partial charge in [0, 0.05) is 40.2 Å². The van der Waals surface area contributed by atoms with E-state index in [-0.39, 0.29) is 0 Å². The number of anilines is 2. The van der Waals surface area contributed by atoms with Gasteiger partial charge in [0.15, 0.2) is 0 Å². The van der Waals surface area contributed by atoms with Crippen LogP contribution in [-0.4, -0.2) is 12.0 Å². The largest absolute Gasteiger partial charge is 0.355 e. The number of rotatable bonds is 2. The molecule has 0 spiro atoms. The van der Waals surface area contributed by atoms with Crippen LogP contribution < -0.4 is 4.90 Å². The number of nitrogens with one attached hydrogen (secondary N) is 1. The summed E-state index contributed by atoms with van der Waals surface area (Å²) in [6, 6.07) is 25.4.